The first-order chi connectivity index (χ1) is 10.1. The van der Waals surface area contributed by atoms with Gasteiger partial charge in [-0.15, -0.1) is 0 Å². The summed E-state index contributed by atoms with van der Waals surface area (Å²) in [6.07, 6.45) is 12.6. The van der Waals surface area contributed by atoms with Crippen molar-refractivity contribution < 1.29 is 4.79 Å². The SMILES string of the molecule is CC12CC3CC(C1)CC(C(=O)NCCCCCCBr)(C3)C2. The van der Waals surface area contributed by atoms with Gasteiger partial charge in [-0.2, -0.15) is 0 Å². The summed E-state index contributed by atoms with van der Waals surface area (Å²) >= 11 is 3.47. The lowest BCUT2D eigenvalue weighted by Gasteiger charge is -2.60. The van der Waals surface area contributed by atoms with Gasteiger partial charge in [0.15, 0.2) is 0 Å². The molecule has 0 aromatic heterocycles. The summed E-state index contributed by atoms with van der Waals surface area (Å²) in [5.41, 5.74) is 0.478. The molecule has 0 spiro atoms. The minimum Gasteiger partial charge on any atom is -0.356 e. The third kappa shape index (κ3) is 3.33. The zero-order valence-electron chi connectivity index (χ0n) is 13.4. The normalized spacial score (nSPS) is 40.5. The Bertz CT molecular complexity index is 381. The van der Waals surface area contributed by atoms with Gasteiger partial charge < -0.3 is 5.32 Å². The summed E-state index contributed by atoms with van der Waals surface area (Å²) in [5, 5.41) is 4.38. The molecule has 1 amide bonds. The van der Waals surface area contributed by atoms with Crippen LogP contribution < -0.4 is 5.32 Å². The van der Waals surface area contributed by atoms with Crippen molar-refractivity contribution in [2.24, 2.45) is 22.7 Å². The summed E-state index contributed by atoms with van der Waals surface area (Å²) in [5.74, 6) is 2.06. The Morgan fingerprint density at radius 1 is 1.10 bits per heavy atom. The molecule has 2 nitrogen and oxygen atoms in total. The Balaban J connectivity index is 1.50. The molecule has 0 aromatic rings. The van der Waals surface area contributed by atoms with Crippen LogP contribution >= 0.6 is 15.9 Å². The van der Waals surface area contributed by atoms with Crippen LogP contribution in [-0.2, 0) is 4.79 Å². The molecule has 21 heavy (non-hydrogen) atoms. The van der Waals surface area contributed by atoms with Crippen LogP contribution in [0.4, 0.5) is 0 Å². The van der Waals surface area contributed by atoms with Crippen LogP contribution in [0.15, 0.2) is 0 Å². The molecule has 0 aromatic carbocycles. The molecule has 2 unspecified atom stereocenters. The minimum absolute atomic E-state index is 0.00862. The van der Waals surface area contributed by atoms with Gasteiger partial charge in [-0.05, 0) is 68.6 Å². The lowest BCUT2D eigenvalue weighted by Crippen LogP contribution is -2.56. The lowest BCUT2D eigenvalue weighted by molar-refractivity contribution is -0.155. The van der Waals surface area contributed by atoms with E-state index in [0.29, 0.717) is 11.3 Å². The monoisotopic (exact) mass is 355 g/mol. The molecule has 2 atom stereocenters. The highest BCUT2D eigenvalue weighted by Crippen LogP contribution is 2.65. The third-order valence-corrected chi connectivity index (χ3v) is 6.74. The molecule has 4 saturated carbocycles. The van der Waals surface area contributed by atoms with Crippen LogP contribution in [0.1, 0.15) is 71.1 Å². The van der Waals surface area contributed by atoms with Gasteiger partial charge in [0, 0.05) is 11.9 Å². The van der Waals surface area contributed by atoms with Crippen LogP contribution in [0, 0.1) is 22.7 Å². The molecule has 3 heteroatoms. The number of rotatable bonds is 7. The van der Waals surface area contributed by atoms with E-state index in [4.69, 9.17) is 0 Å². The average molecular weight is 356 g/mol. The molecule has 4 bridgehead atoms. The van der Waals surface area contributed by atoms with Crippen LogP contribution in [0.5, 0.6) is 0 Å². The molecule has 120 valence electrons. The second-order valence-corrected chi connectivity index (χ2v) is 9.20. The van der Waals surface area contributed by atoms with Crippen molar-refractivity contribution in [2.45, 2.75) is 71.1 Å². The van der Waals surface area contributed by atoms with Crippen LogP contribution in [-0.4, -0.2) is 17.8 Å². The molecule has 4 rings (SSSR count). The molecule has 4 fully saturated rings. The van der Waals surface area contributed by atoms with Crippen molar-refractivity contribution in [1.29, 1.82) is 0 Å². The largest absolute Gasteiger partial charge is 0.356 e. The number of amides is 1. The first kappa shape index (κ1) is 15.8. The Morgan fingerprint density at radius 3 is 2.38 bits per heavy atom. The maximum absolute atomic E-state index is 12.8. The van der Waals surface area contributed by atoms with Crippen molar-refractivity contribution in [3.8, 4) is 0 Å². The Hall–Kier alpha value is -0.0500. The van der Waals surface area contributed by atoms with E-state index in [-0.39, 0.29) is 5.41 Å². The summed E-state index contributed by atoms with van der Waals surface area (Å²) in [6.45, 7) is 3.32. The summed E-state index contributed by atoms with van der Waals surface area (Å²) in [6, 6.07) is 0. The summed E-state index contributed by atoms with van der Waals surface area (Å²) < 4.78 is 0. The maximum atomic E-state index is 12.8. The smallest absolute Gasteiger partial charge is 0.226 e. The fraction of sp³-hybridized carbons (Fsp3) is 0.944. The standard InChI is InChI=1S/C18H30BrNO/c1-17-9-14-8-15(10-17)12-18(11-14,13-17)16(21)20-7-5-3-2-4-6-19/h14-15H,2-13H2,1H3,(H,20,21). The number of carbonyl (C=O) groups excluding carboxylic acids is 1. The third-order valence-electron chi connectivity index (χ3n) is 6.18. The number of nitrogens with one attached hydrogen (secondary N) is 1. The van der Waals surface area contributed by atoms with Crippen molar-refractivity contribution >= 4 is 21.8 Å². The summed E-state index contributed by atoms with van der Waals surface area (Å²) in [7, 11) is 0. The highest BCUT2D eigenvalue weighted by Gasteiger charge is 2.58. The summed E-state index contributed by atoms with van der Waals surface area (Å²) in [4.78, 5) is 12.8. The second-order valence-electron chi connectivity index (χ2n) is 8.41. The Kier molecular flexibility index (Phi) is 4.69. The number of carbonyl (C=O) groups is 1. The van der Waals surface area contributed by atoms with Crippen LogP contribution in [0.2, 0.25) is 0 Å². The first-order valence-electron chi connectivity index (χ1n) is 8.90. The van der Waals surface area contributed by atoms with E-state index in [9.17, 15) is 4.79 Å². The fourth-order valence-corrected chi connectivity index (χ4v) is 6.35. The average Bonchev–Trinajstić information content (AvgIpc) is 2.39. The van der Waals surface area contributed by atoms with Gasteiger partial charge in [-0.25, -0.2) is 0 Å². The zero-order chi connectivity index (χ0) is 14.9. The zero-order valence-corrected chi connectivity index (χ0v) is 15.0. The number of halogens is 1. The number of hydrogen-bond acceptors (Lipinski definition) is 1. The molecule has 0 radical (unpaired) electrons. The van der Waals surface area contributed by atoms with E-state index < -0.39 is 0 Å². The fourth-order valence-electron chi connectivity index (χ4n) is 5.95. The van der Waals surface area contributed by atoms with Gasteiger partial charge >= 0.3 is 0 Å². The van der Waals surface area contributed by atoms with E-state index in [2.05, 4.69) is 28.2 Å². The molecule has 0 heterocycles. The van der Waals surface area contributed by atoms with Gasteiger partial charge in [0.05, 0.1) is 5.41 Å². The van der Waals surface area contributed by atoms with Crippen LogP contribution in [0.3, 0.4) is 0 Å². The molecule has 4 aliphatic carbocycles. The van der Waals surface area contributed by atoms with Gasteiger partial charge in [0.1, 0.15) is 0 Å². The molecule has 0 saturated heterocycles. The molecule has 4 aliphatic rings. The lowest BCUT2D eigenvalue weighted by atomic mass is 9.44. The maximum Gasteiger partial charge on any atom is 0.226 e. The van der Waals surface area contributed by atoms with Gasteiger partial charge in [0.2, 0.25) is 5.91 Å². The number of hydrogen-bond donors (Lipinski definition) is 1. The van der Waals surface area contributed by atoms with Crippen molar-refractivity contribution in [3.05, 3.63) is 0 Å². The van der Waals surface area contributed by atoms with Crippen LogP contribution in [0.25, 0.3) is 0 Å². The minimum atomic E-state index is 0.00862. The highest BCUT2D eigenvalue weighted by molar-refractivity contribution is 9.09. The van der Waals surface area contributed by atoms with E-state index >= 15 is 0 Å². The van der Waals surface area contributed by atoms with Gasteiger partial charge in [-0.3, -0.25) is 4.79 Å². The first-order valence-corrected chi connectivity index (χ1v) is 10.0. The van der Waals surface area contributed by atoms with E-state index in [1.54, 1.807) is 0 Å². The topological polar surface area (TPSA) is 29.1 Å². The Labute approximate surface area is 138 Å². The van der Waals surface area contributed by atoms with E-state index in [1.807, 2.05) is 0 Å². The van der Waals surface area contributed by atoms with Crippen molar-refractivity contribution in [2.75, 3.05) is 11.9 Å². The van der Waals surface area contributed by atoms with Gasteiger partial charge in [0.25, 0.3) is 0 Å². The predicted molar refractivity (Wildman–Crippen MR) is 90.5 cm³/mol. The second kappa shape index (κ2) is 6.22. The molecular weight excluding hydrogens is 326 g/mol. The number of unbranched alkanes of at least 4 members (excludes halogenated alkanes) is 3. The van der Waals surface area contributed by atoms with E-state index in [0.717, 1.165) is 36.6 Å². The molecular formula is C18H30BrNO. The highest BCUT2D eigenvalue weighted by atomic mass is 79.9. The quantitative estimate of drug-likeness (QED) is 0.521. The van der Waals surface area contributed by atoms with Crippen molar-refractivity contribution in [3.63, 3.8) is 0 Å². The predicted octanol–water partition coefficient (Wildman–Crippen LogP) is 4.66. The Morgan fingerprint density at radius 2 is 1.76 bits per heavy atom. The van der Waals surface area contributed by atoms with E-state index in [1.165, 1.54) is 51.4 Å². The van der Waals surface area contributed by atoms with Gasteiger partial charge in [-0.1, -0.05) is 35.7 Å². The number of alkyl halides is 1. The molecule has 1 N–H and O–H groups in total. The van der Waals surface area contributed by atoms with Crippen molar-refractivity contribution in [1.82, 2.24) is 5.32 Å². The molecule has 0 aliphatic heterocycles.